The Bertz CT molecular complexity index is 330. The first kappa shape index (κ1) is 12.5. The van der Waals surface area contributed by atoms with Crippen LogP contribution in [0, 0.1) is 5.92 Å². The van der Waals surface area contributed by atoms with Crippen LogP contribution in [-0.2, 0) is 4.79 Å². The average molecular weight is 258 g/mol. The summed E-state index contributed by atoms with van der Waals surface area (Å²) in [5.74, 6) is -0.345. The molecule has 7 heteroatoms. The van der Waals surface area contributed by atoms with Crippen LogP contribution in [-0.4, -0.2) is 53.3 Å². The van der Waals surface area contributed by atoms with Crippen molar-refractivity contribution in [2.75, 3.05) is 26.7 Å². The predicted molar refractivity (Wildman–Crippen MR) is 67.0 cm³/mol. The van der Waals surface area contributed by atoms with Crippen molar-refractivity contribution < 1.29 is 9.90 Å². The van der Waals surface area contributed by atoms with Gasteiger partial charge in [0, 0.05) is 19.5 Å². The summed E-state index contributed by atoms with van der Waals surface area (Å²) in [6.45, 7) is 2.36. The van der Waals surface area contributed by atoms with Gasteiger partial charge in [-0.2, -0.15) is 0 Å². The summed E-state index contributed by atoms with van der Waals surface area (Å²) in [4.78, 5) is 14.1. The number of carbonyl (C=O) groups excluding carboxylic acids is 1. The first-order chi connectivity index (χ1) is 8.06. The molecule has 0 radical (unpaired) electrons. The number of amides is 1. The molecular weight excluding hydrogens is 240 g/mol. The fourth-order valence-electron chi connectivity index (χ4n) is 2.58. The number of hydrogen-bond acceptors (Lipinski definition) is 4. The topological polar surface area (TPSA) is 76.6 Å². The van der Waals surface area contributed by atoms with Gasteiger partial charge in [0.15, 0.2) is 10.7 Å². The number of fused-ring (bicyclic) bond motifs is 3. The Balaban J connectivity index is 1.96. The van der Waals surface area contributed by atoms with E-state index in [-0.39, 0.29) is 5.92 Å². The molecule has 0 aromatic carbocycles. The summed E-state index contributed by atoms with van der Waals surface area (Å²) in [5, 5.41) is 13.5. The van der Waals surface area contributed by atoms with Gasteiger partial charge >= 0.3 is 0 Å². The Morgan fingerprint density at radius 3 is 2.53 bits per heavy atom. The average Bonchev–Trinajstić information content (AvgIpc) is 2.36. The zero-order chi connectivity index (χ0) is 12.5. The smallest absolute Gasteiger partial charge is 0.271 e. The third-order valence-electron chi connectivity index (χ3n) is 3.64. The van der Waals surface area contributed by atoms with Crippen molar-refractivity contribution >= 4 is 23.2 Å². The van der Waals surface area contributed by atoms with E-state index in [0.717, 1.165) is 25.9 Å². The molecule has 0 spiro atoms. The second-order valence-electron chi connectivity index (χ2n) is 4.63. The molecule has 3 aliphatic heterocycles. The zero-order valence-corrected chi connectivity index (χ0v) is 10.6. The van der Waals surface area contributed by atoms with E-state index in [1.54, 1.807) is 7.05 Å². The number of carbonyl (C=O) groups is 1. The van der Waals surface area contributed by atoms with Gasteiger partial charge in [0.05, 0.1) is 0 Å². The molecule has 0 aliphatic carbocycles. The SMILES string of the molecule is CNC(=S)NNC(=O)C1(O)CN2CCC1CC2. The number of nitrogens with one attached hydrogen (secondary N) is 3. The van der Waals surface area contributed by atoms with Crippen molar-refractivity contribution in [2.45, 2.75) is 18.4 Å². The van der Waals surface area contributed by atoms with Crippen LogP contribution in [0.5, 0.6) is 0 Å². The highest BCUT2D eigenvalue weighted by atomic mass is 32.1. The molecule has 0 aromatic rings. The summed E-state index contributed by atoms with van der Waals surface area (Å²) >= 11 is 4.85. The lowest BCUT2D eigenvalue weighted by molar-refractivity contribution is -0.162. The molecule has 1 atom stereocenters. The summed E-state index contributed by atoms with van der Waals surface area (Å²) in [5.41, 5.74) is 3.73. The number of aliphatic hydroxyl groups is 1. The van der Waals surface area contributed by atoms with E-state index >= 15 is 0 Å². The molecule has 1 unspecified atom stereocenters. The second-order valence-corrected chi connectivity index (χ2v) is 5.04. The minimum absolute atomic E-state index is 0.0532. The number of piperidine rings is 3. The maximum Gasteiger partial charge on any atom is 0.271 e. The summed E-state index contributed by atoms with van der Waals surface area (Å²) in [7, 11) is 1.66. The third-order valence-corrected chi connectivity index (χ3v) is 3.94. The molecular formula is C10H18N4O2S. The molecule has 0 aromatic heterocycles. The van der Waals surface area contributed by atoms with Crippen LogP contribution < -0.4 is 16.2 Å². The molecule has 6 nitrogen and oxygen atoms in total. The lowest BCUT2D eigenvalue weighted by atomic mass is 9.75. The van der Waals surface area contributed by atoms with Crippen LogP contribution in [0.1, 0.15) is 12.8 Å². The van der Waals surface area contributed by atoms with Crippen LogP contribution >= 0.6 is 12.2 Å². The van der Waals surface area contributed by atoms with Crippen molar-refractivity contribution in [1.82, 2.24) is 21.1 Å². The van der Waals surface area contributed by atoms with E-state index in [1.807, 2.05) is 0 Å². The Labute approximate surface area is 106 Å². The summed E-state index contributed by atoms with van der Waals surface area (Å²) in [6, 6.07) is 0. The van der Waals surface area contributed by atoms with Crippen LogP contribution in [0.2, 0.25) is 0 Å². The zero-order valence-electron chi connectivity index (χ0n) is 9.82. The molecule has 17 heavy (non-hydrogen) atoms. The Morgan fingerprint density at radius 1 is 1.41 bits per heavy atom. The quantitative estimate of drug-likeness (QED) is 0.341. The lowest BCUT2D eigenvalue weighted by Gasteiger charge is -2.49. The van der Waals surface area contributed by atoms with Gasteiger partial charge in [-0.15, -0.1) is 0 Å². The minimum atomic E-state index is -1.28. The largest absolute Gasteiger partial charge is 0.378 e. The van der Waals surface area contributed by atoms with Gasteiger partial charge < -0.3 is 10.4 Å². The van der Waals surface area contributed by atoms with Crippen molar-refractivity contribution in [1.29, 1.82) is 0 Å². The van der Waals surface area contributed by atoms with Gasteiger partial charge in [0.2, 0.25) is 0 Å². The minimum Gasteiger partial charge on any atom is -0.378 e. The molecule has 3 aliphatic rings. The van der Waals surface area contributed by atoms with Crippen LogP contribution in [0.4, 0.5) is 0 Å². The van der Waals surface area contributed by atoms with Crippen molar-refractivity contribution in [3.63, 3.8) is 0 Å². The van der Waals surface area contributed by atoms with E-state index < -0.39 is 11.5 Å². The molecule has 1 amide bonds. The van der Waals surface area contributed by atoms with Crippen LogP contribution in [0.15, 0.2) is 0 Å². The molecule has 3 fully saturated rings. The second kappa shape index (κ2) is 4.75. The fraction of sp³-hybridized carbons (Fsp3) is 0.800. The van der Waals surface area contributed by atoms with Gasteiger partial charge in [-0.05, 0) is 38.1 Å². The van der Waals surface area contributed by atoms with Gasteiger partial charge in [0.1, 0.15) is 0 Å². The molecule has 2 bridgehead atoms. The van der Waals surface area contributed by atoms with Crippen molar-refractivity contribution in [2.24, 2.45) is 5.92 Å². The van der Waals surface area contributed by atoms with Crippen molar-refractivity contribution in [3.05, 3.63) is 0 Å². The normalized spacial score (nSPS) is 35.2. The monoisotopic (exact) mass is 258 g/mol. The van der Waals surface area contributed by atoms with E-state index in [4.69, 9.17) is 12.2 Å². The highest BCUT2D eigenvalue weighted by Crippen LogP contribution is 2.35. The number of hydrazine groups is 1. The summed E-state index contributed by atoms with van der Waals surface area (Å²) in [6.07, 6.45) is 1.75. The lowest BCUT2D eigenvalue weighted by Crippen LogP contribution is -2.67. The summed E-state index contributed by atoms with van der Waals surface area (Å²) < 4.78 is 0. The molecule has 4 N–H and O–H groups in total. The van der Waals surface area contributed by atoms with Gasteiger partial charge in [-0.3, -0.25) is 20.5 Å². The Kier molecular flexibility index (Phi) is 3.50. The molecule has 3 saturated heterocycles. The first-order valence-corrected chi connectivity index (χ1v) is 6.20. The van der Waals surface area contributed by atoms with E-state index in [1.165, 1.54) is 0 Å². The molecule has 3 rings (SSSR count). The van der Waals surface area contributed by atoms with Crippen molar-refractivity contribution in [3.8, 4) is 0 Å². The van der Waals surface area contributed by atoms with Crippen LogP contribution in [0.3, 0.4) is 0 Å². The Hall–Kier alpha value is -0.920. The number of thiocarbonyl (C=S) groups is 1. The van der Waals surface area contributed by atoms with Gasteiger partial charge in [0.25, 0.3) is 5.91 Å². The highest BCUT2D eigenvalue weighted by molar-refractivity contribution is 7.80. The number of hydrogen-bond donors (Lipinski definition) is 4. The number of rotatable bonds is 1. The molecule has 96 valence electrons. The predicted octanol–water partition coefficient (Wildman–Crippen LogP) is -1.43. The van der Waals surface area contributed by atoms with Gasteiger partial charge in [-0.25, -0.2) is 0 Å². The highest BCUT2D eigenvalue weighted by Gasteiger charge is 2.50. The molecule has 3 heterocycles. The van der Waals surface area contributed by atoms with E-state index in [9.17, 15) is 9.90 Å². The maximum atomic E-state index is 12.0. The van der Waals surface area contributed by atoms with Gasteiger partial charge in [-0.1, -0.05) is 0 Å². The Morgan fingerprint density at radius 2 is 2.06 bits per heavy atom. The molecule has 0 saturated carbocycles. The standard InChI is InChI=1S/C10H18N4O2S/c1-11-9(17)13-12-8(15)10(16)6-14-4-2-7(10)3-5-14/h7,16H,2-6H2,1H3,(H,12,15)(H2,11,13,17). The third kappa shape index (κ3) is 2.36. The van der Waals surface area contributed by atoms with E-state index in [2.05, 4.69) is 21.1 Å². The maximum absolute atomic E-state index is 12.0. The van der Waals surface area contributed by atoms with E-state index in [0.29, 0.717) is 11.7 Å². The fourth-order valence-corrected chi connectivity index (χ4v) is 2.63. The first-order valence-electron chi connectivity index (χ1n) is 5.79. The van der Waals surface area contributed by atoms with Crippen LogP contribution in [0.25, 0.3) is 0 Å². The number of nitrogens with zero attached hydrogens (tertiary/aromatic N) is 1.